The van der Waals surface area contributed by atoms with Crippen molar-refractivity contribution >= 4 is 17.5 Å². The van der Waals surface area contributed by atoms with Gasteiger partial charge in [-0.3, -0.25) is 9.59 Å². The third kappa shape index (κ3) is 5.99. The largest absolute Gasteiger partial charge is 0.497 e. The van der Waals surface area contributed by atoms with Gasteiger partial charge in [-0.2, -0.15) is 0 Å². The molecule has 2 saturated heterocycles. The summed E-state index contributed by atoms with van der Waals surface area (Å²) in [4.78, 5) is 31.2. The minimum atomic E-state index is -0.511. The van der Waals surface area contributed by atoms with Gasteiger partial charge in [0.25, 0.3) is 0 Å². The molecule has 4 rings (SSSR count). The Balaban J connectivity index is 1.65. The van der Waals surface area contributed by atoms with E-state index in [0.717, 1.165) is 31.6 Å². The van der Waals surface area contributed by atoms with Crippen LogP contribution in [-0.4, -0.2) is 71.3 Å². The zero-order valence-electron chi connectivity index (χ0n) is 22.8. The number of rotatable bonds is 11. The second-order valence-corrected chi connectivity index (χ2v) is 9.70. The van der Waals surface area contributed by atoms with Gasteiger partial charge in [0, 0.05) is 25.1 Å². The van der Waals surface area contributed by atoms with Crippen LogP contribution in [0.25, 0.3) is 0 Å². The first-order chi connectivity index (χ1) is 18.5. The lowest BCUT2D eigenvalue weighted by molar-refractivity contribution is -0.129. The van der Waals surface area contributed by atoms with Crippen LogP contribution in [0.2, 0.25) is 0 Å². The number of methoxy groups -OCH3 is 4. The van der Waals surface area contributed by atoms with E-state index in [4.69, 9.17) is 18.9 Å². The van der Waals surface area contributed by atoms with E-state index < -0.39 is 12.0 Å². The molecule has 0 radical (unpaired) electrons. The molecule has 2 aromatic carbocycles. The molecular formula is C29H39N3O6. The number of piperidine rings is 1. The smallest absolute Gasteiger partial charge is 0.227 e. The van der Waals surface area contributed by atoms with Crippen LogP contribution < -0.4 is 29.2 Å². The fourth-order valence-corrected chi connectivity index (χ4v) is 5.51. The van der Waals surface area contributed by atoms with Gasteiger partial charge in [-0.25, -0.2) is 0 Å². The predicted octanol–water partition coefficient (Wildman–Crippen LogP) is 3.81. The summed E-state index contributed by atoms with van der Waals surface area (Å²) in [6.45, 7) is 3.88. The average Bonchev–Trinajstić information content (AvgIpc) is 3.48. The quantitative estimate of drug-likeness (QED) is 0.446. The number of carbonyl (C=O) groups is 2. The van der Waals surface area contributed by atoms with Gasteiger partial charge in [0.2, 0.25) is 17.6 Å². The van der Waals surface area contributed by atoms with Gasteiger partial charge in [0.15, 0.2) is 11.5 Å². The first-order valence-electron chi connectivity index (χ1n) is 13.3. The SMILES string of the molecule is COc1ccc([C@H]2[C@@H](C(=O)NCCCN3CCCC3)CCC(=O)N2c2cc(OC)c(OC)c(OC)c2)cc1. The van der Waals surface area contributed by atoms with E-state index in [1.165, 1.54) is 20.0 Å². The molecule has 2 heterocycles. The lowest BCUT2D eigenvalue weighted by Gasteiger charge is -2.41. The van der Waals surface area contributed by atoms with Crippen molar-refractivity contribution in [2.24, 2.45) is 5.92 Å². The molecule has 0 unspecified atom stereocenters. The molecule has 0 spiro atoms. The fraction of sp³-hybridized carbons (Fsp3) is 0.517. The Morgan fingerprint density at radius 3 is 2.18 bits per heavy atom. The maximum Gasteiger partial charge on any atom is 0.227 e. The summed E-state index contributed by atoms with van der Waals surface area (Å²) in [7, 11) is 6.23. The van der Waals surface area contributed by atoms with E-state index >= 15 is 0 Å². The summed E-state index contributed by atoms with van der Waals surface area (Å²) < 4.78 is 21.9. The summed E-state index contributed by atoms with van der Waals surface area (Å²) in [5.74, 6) is 1.49. The summed E-state index contributed by atoms with van der Waals surface area (Å²) in [5.41, 5.74) is 1.43. The highest BCUT2D eigenvalue weighted by molar-refractivity contribution is 5.98. The summed E-state index contributed by atoms with van der Waals surface area (Å²) in [6.07, 6.45) is 4.14. The second kappa shape index (κ2) is 12.9. The standard InChI is InChI=1S/C29H39N3O6/c1-35-22-10-8-20(9-11-22)27-23(29(34)30-14-7-17-31-15-5-6-16-31)12-13-26(33)32(27)21-18-24(36-2)28(38-4)25(19-21)37-3/h8-11,18-19,23,27H,5-7,12-17H2,1-4H3,(H,30,34)/t23-,27-/m0/s1. The highest BCUT2D eigenvalue weighted by Gasteiger charge is 2.42. The van der Waals surface area contributed by atoms with Gasteiger partial charge in [0.1, 0.15) is 5.75 Å². The van der Waals surface area contributed by atoms with Crippen LogP contribution >= 0.6 is 0 Å². The van der Waals surface area contributed by atoms with Gasteiger partial charge in [-0.1, -0.05) is 12.1 Å². The Bertz CT molecular complexity index is 1070. The Labute approximate surface area is 225 Å². The Morgan fingerprint density at radius 1 is 0.947 bits per heavy atom. The molecule has 9 nitrogen and oxygen atoms in total. The predicted molar refractivity (Wildman–Crippen MR) is 145 cm³/mol. The minimum Gasteiger partial charge on any atom is -0.497 e. The third-order valence-corrected chi connectivity index (χ3v) is 7.47. The molecule has 0 bridgehead atoms. The van der Waals surface area contributed by atoms with Crippen molar-refractivity contribution in [2.75, 3.05) is 59.5 Å². The number of nitrogens with one attached hydrogen (secondary N) is 1. The van der Waals surface area contributed by atoms with Crippen molar-refractivity contribution in [3.05, 3.63) is 42.0 Å². The monoisotopic (exact) mass is 525 g/mol. The molecule has 2 fully saturated rings. The summed E-state index contributed by atoms with van der Waals surface area (Å²) in [5, 5.41) is 3.15. The molecule has 1 N–H and O–H groups in total. The van der Waals surface area contributed by atoms with E-state index in [-0.39, 0.29) is 18.2 Å². The zero-order valence-corrected chi connectivity index (χ0v) is 22.8. The average molecular weight is 526 g/mol. The van der Waals surface area contributed by atoms with E-state index in [2.05, 4.69) is 10.2 Å². The number of hydrogen-bond donors (Lipinski definition) is 1. The molecule has 2 amide bonds. The molecule has 38 heavy (non-hydrogen) atoms. The van der Waals surface area contributed by atoms with Crippen LogP contribution in [0.3, 0.4) is 0 Å². The molecule has 0 aliphatic carbocycles. The number of carbonyl (C=O) groups excluding carboxylic acids is 2. The summed E-state index contributed by atoms with van der Waals surface area (Å²) in [6, 6.07) is 10.5. The molecule has 0 saturated carbocycles. The minimum absolute atomic E-state index is 0.0443. The number of anilines is 1. The highest BCUT2D eigenvalue weighted by atomic mass is 16.5. The maximum atomic E-state index is 13.6. The molecule has 2 atom stereocenters. The van der Waals surface area contributed by atoms with Gasteiger partial charge >= 0.3 is 0 Å². The molecule has 206 valence electrons. The molecule has 2 aromatic rings. The molecule has 2 aliphatic rings. The van der Waals surface area contributed by atoms with Crippen LogP contribution in [0.4, 0.5) is 5.69 Å². The number of benzene rings is 2. The van der Waals surface area contributed by atoms with Gasteiger partial charge in [-0.05, 0) is 63.0 Å². The van der Waals surface area contributed by atoms with Gasteiger partial charge in [-0.15, -0.1) is 0 Å². The van der Waals surface area contributed by atoms with Crippen molar-refractivity contribution < 1.29 is 28.5 Å². The van der Waals surface area contributed by atoms with Crippen LogP contribution in [-0.2, 0) is 9.59 Å². The van der Waals surface area contributed by atoms with Crippen molar-refractivity contribution in [3.63, 3.8) is 0 Å². The Morgan fingerprint density at radius 2 is 1.61 bits per heavy atom. The van der Waals surface area contributed by atoms with Crippen LogP contribution in [0.15, 0.2) is 36.4 Å². The lowest BCUT2D eigenvalue weighted by Crippen LogP contribution is -2.48. The fourth-order valence-electron chi connectivity index (χ4n) is 5.51. The number of amides is 2. The Kier molecular flexibility index (Phi) is 9.33. The molecule has 0 aromatic heterocycles. The molecular weight excluding hydrogens is 486 g/mol. The van der Waals surface area contributed by atoms with Crippen LogP contribution in [0.1, 0.15) is 43.7 Å². The maximum absolute atomic E-state index is 13.6. The van der Waals surface area contributed by atoms with Crippen molar-refractivity contribution in [2.45, 2.75) is 38.1 Å². The van der Waals surface area contributed by atoms with E-state index in [9.17, 15) is 9.59 Å². The first-order valence-corrected chi connectivity index (χ1v) is 13.3. The zero-order chi connectivity index (χ0) is 27.1. The van der Waals surface area contributed by atoms with Crippen LogP contribution in [0, 0.1) is 5.92 Å². The van der Waals surface area contributed by atoms with Crippen molar-refractivity contribution in [1.29, 1.82) is 0 Å². The number of nitrogens with zero attached hydrogens (tertiary/aromatic N) is 2. The number of likely N-dealkylation sites (tertiary alicyclic amines) is 1. The number of hydrogen-bond acceptors (Lipinski definition) is 7. The lowest BCUT2D eigenvalue weighted by atomic mass is 9.83. The first kappa shape index (κ1) is 27.6. The third-order valence-electron chi connectivity index (χ3n) is 7.47. The summed E-state index contributed by atoms with van der Waals surface area (Å²) >= 11 is 0. The van der Waals surface area contributed by atoms with E-state index in [1.54, 1.807) is 38.4 Å². The Hall–Kier alpha value is -3.46. The highest BCUT2D eigenvalue weighted by Crippen LogP contribution is 2.46. The van der Waals surface area contributed by atoms with Gasteiger partial charge < -0.3 is 34.1 Å². The second-order valence-electron chi connectivity index (χ2n) is 9.70. The van der Waals surface area contributed by atoms with Crippen molar-refractivity contribution in [1.82, 2.24) is 10.2 Å². The van der Waals surface area contributed by atoms with E-state index in [1.807, 2.05) is 24.3 Å². The topological polar surface area (TPSA) is 89.6 Å². The normalized spacial score (nSPS) is 19.8. The number of ether oxygens (including phenoxy) is 4. The molecule has 9 heteroatoms. The molecule has 2 aliphatic heterocycles. The van der Waals surface area contributed by atoms with Crippen molar-refractivity contribution in [3.8, 4) is 23.0 Å². The van der Waals surface area contributed by atoms with E-state index in [0.29, 0.717) is 41.7 Å². The van der Waals surface area contributed by atoms with Crippen LogP contribution in [0.5, 0.6) is 23.0 Å². The van der Waals surface area contributed by atoms with Gasteiger partial charge in [0.05, 0.1) is 46.1 Å².